The van der Waals surface area contributed by atoms with Crippen LogP contribution >= 0.6 is 27.7 Å². The van der Waals surface area contributed by atoms with Gasteiger partial charge in [0.05, 0.1) is 5.56 Å². The number of benzene rings is 1. The topological polar surface area (TPSA) is 97.1 Å². The lowest BCUT2D eigenvalue weighted by atomic mass is 10.1. The van der Waals surface area contributed by atoms with Crippen molar-refractivity contribution >= 4 is 39.5 Å². The third-order valence-corrected chi connectivity index (χ3v) is 5.12. The first-order valence-electron chi connectivity index (χ1n) is 8.62. The molecule has 1 heterocycles. The van der Waals surface area contributed by atoms with Gasteiger partial charge in [0, 0.05) is 17.4 Å². The largest absolute Gasteiger partial charge is 0.354 e. The highest BCUT2D eigenvalue weighted by molar-refractivity contribution is 9.10. The molecule has 2 amide bonds. The van der Waals surface area contributed by atoms with Crippen LogP contribution in [0.5, 0.6) is 0 Å². The first-order valence-corrected chi connectivity index (χ1v) is 10.8. The minimum atomic E-state index is -0.581. The maximum Gasteiger partial charge on any atom is 0.253 e. The summed E-state index contributed by atoms with van der Waals surface area (Å²) in [5.41, 5.74) is 0.506. The second-order valence-corrected chi connectivity index (χ2v) is 7.76. The van der Waals surface area contributed by atoms with Crippen molar-refractivity contribution in [3.05, 3.63) is 46.0 Å². The number of nitrogens with zero attached hydrogens (tertiary/aromatic N) is 2. The number of carbonyl (C=O) groups is 2. The van der Waals surface area contributed by atoms with Crippen molar-refractivity contribution in [2.75, 3.05) is 18.6 Å². The van der Waals surface area contributed by atoms with Gasteiger partial charge in [0.25, 0.3) is 5.91 Å². The second kappa shape index (κ2) is 11.1. The maximum absolute atomic E-state index is 12.5. The molecule has 1 unspecified atom stereocenters. The summed E-state index contributed by atoms with van der Waals surface area (Å²) in [6, 6.07) is 6.56. The van der Waals surface area contributed by atoms with Crippen molar-refractivity contribution in [3.63, 3.8) is 0 Å². The van der Waals surface area contributed by atoms with Crippen molar-refractivity contribution in [1.29, 1.82) is 0 Å². The Morgan fingerprint density at radius 3 is 2.78 bits per heavy atom. The van der Waals surface area contributed by atoms with Crippen LogP contribution in [0.3, 0.4) is 0 Å². The van der Waals surface area contributed by atoms with E-state index in [1.165, 1.54) is 0 Å². The fourth-order valence-electron chi connectivity index (χ4n) is 2.40. The zero-order valence-corrected chi connectivity index (χ0v) is 17.7. The van der Waals surface area contributed by atoms with Crippen molar-refractivity contribution < 1.29 is 14.1 Å². The van der Waals surface area contributed by atoms with Gasteiger partial charge in [-0.25, -0.2) is 0 Å². The lowest BCUT2D eigenvalue weighted by Gasteiger charge is -2.18. The summed E-state index contributed by atoms with van der Waals surface area (Å²) in [6.07, 6.45) is 3.81. The Labute approximate surface area is 171 Å². The van der Waals surface area contributed by atoms with Crippen LogP contribution in [0, 0.1) is 6.92 Å². The number of aromatic nitrogens is 2. The first-order chi connectivity index (χ1) is 13.0. The molecule has 0 spiro atoms. The molecule has 2 rings (SSSR count). The Morgan fingerprint density at radius 2 is 2.11 bits per heavy atom. The third-order valence-electron chi connectivity index (χ3n) is 3.79. The molecule has 146 valence electrons. The van der Waals surface area contributed by atoms with E-state index >= 15 is 0 Å². The van der Waals surface area contributed by atoms with Gasteiger partial charge >= 0.3 is 0 Å². The number of hydrogen-bond donors (Lipinski definition) is 2. The van der Waals surface area contributed by atoms with E-state index in [1.807, 2.05) is 12.3 Å². The molecule has 1 aromatic heterocycles. The number of rotatable bonds is 10. The molecule has 1 aromatic carbocycles. The molecule has 2 N–H and O–H groups in total. The number of hydrogen-bond acceptors (Lipinski definition) is 6. The van der Waals surface area contributed by atoms with E-state index in [1.54, 1.807) is 36.9 Å². The Hall–Kier alpha value is -1.87. The quantitative estimate of drug-likeness (QED) is 0.535. The molecule has 2 aromatic rings. The van der Waals surface area contributed by atoms with E-state index in [4.69, 9.17) is 4.52 Å². The Morgan fingerprint density at radius 1 is 1.33 bits per heavy atom. The fraction of sp³-hybridized carbons (Fsp3) is 0.444. The predicted molar refractivity (Wildman–Crippen MR) is 109 cm³/mol. The molecular formula is C18H23BrN4O3S. The van der Waals surface area contributed by atoms with Gasteiger partial charge in [-0.2, -0.15) is 16.7 Å². The number of amides is 2. The number of halogens is 1. The smallest absolute Gasteiger partial charge is 0.253 e. The summed E-state index contributed by atoms with van der Waals surface area (Å²) in [6.45, 7) is 2.24. The van der Waals surface area contributed by atoms with Gasteiger partial charge in [-0.05, 0) is 59.8 Å². The van der Waals surface area contributed by atoms with Gasteiger partial charge in [-0.1, -0.05) is 17.3 Å². The normalized spacial score (nSPS) is 11.8. The maximum atomic E-state index is 12.5. The first kappa shape index (κ1) is 21.4. The third kappa shape index (κ3) is 6.99. The summed E-state index contributed by atoms with van der Waals surface area (Å²) < 4.78 is 5.74. The zero-order chi connectivity index (χ0) is 19.6. The van der Waals surface area contributed by atoms with Crippen LogP contribution in [0.15, 0.2) is 33.3 Å². The van der Waals surface area contributed by atoms with Gasteiger partial charge in [0.2, 0.25) is 11.8 Å². The van der Waals surface area contributed by atoms with Crippen LogP contribution in [0.2, 0.25) is 0 Å². The molecule has 0 bridgehead atoms. The van der Waals surface area contributed by atoms with Crippen molar-refractivity contribution in [2.24, 2.45) is 0 Å². The summed E-state index contributed by atoms with van der Waals surface area (Å²) in [5.74, 6) is 1.47. The minimum absolute atomic E-state index is 0.189. The fourth-order valence-corrected chi connectivity index (χ4v) is 3.34. The molecule has 0 saturated carbocycles. The minimum Gasteiger partial charge on any atom is -0.354 e. The molecule has 0 aliphatic carbocycles. The van der Waals surface area contributed by atoms with E-state index in [0.29, 0.717) is 47.6 Å². The van der Waals surface area contributed by atoms with Gasteiger partial charge in [0.1, 0.15) is 6.04 Å². The predicted octanol–water partition coefficient (Wildman–Crippen LogP) is 2.74. The Bertz CT molecular complexity index is 769. The lowest BCUT2D eigenvalue weighted by Crippen LogP contribution is -2.47. The number of aryl methyl sites for hydroxylation is 2. The average molecular weight is 455 g/mol. The van der Waals surface area contributed by atoms with Crippen LogP contribution in [0.4, 0.5) is 0 Å². The van der Waals surface area contributed by atoms with Crippen LogP contribution in [0.25, 0.3) is 0 Å². The SMILES string of the molecule is CSCCC(NC(=O)c1ccccc1Br)C(=O)NCCCc1nc(C)no1. The molecular weight excluding hydrogens is 432 g/mol. The summed E-state index contributed by atoms with van der Waals surface area (Å²) in [7, 11) is 0. The number of thioether (sulfide) groups is 1. The van der Waals surface area contributed by atoms with Gasteiger partial charge in [0.15, 0.2) is 5.82 Å². The highest BCUT2D eigenvalue weighted by Crippen LogP contribution is 2.16. The van der Waals surface area contributed by atoms with Gasteiger partial charge < -0.3 is 15.2 Å². The lowest BCUT2D eigenvalue weighted by molar-refractivity contribution is -0.123. The average Bonchev–Trinajstić information content (AvgIpc) is 3.07. The van der Waals surface area contributed by atoms with Crippen LogP contribution in [0.1, 0.15) is 34.9 Å². The summed E-state index contributed by atoms with van der Waals surface area (Å²) >= 11 is 5.00. The molecule has 1 atom stereocenters. The monoisotopic (exact) mass is 454 g/mol. The molecule has 0 aliphatic heterocycles. The molecule has 0 fully saturated rings. The van der Waals surface area contributed by atoms with Crippen molar-refractivity contribution in [1.82, 2.24) is 20.8 Å². The molecule has 9 heteroatoms. The molecule has 7 nitrogen and oxygen atoms in total. The van der Waals surface area contributed by atoms with Crippen molar-refractivity contribution in [3.8, 4) is 0 Å². The van der Waals surface area contributed by atoms with E-state index < -0.39 is 6.04 Å². The highest BCUT2D eigenvalue weighted by Gasteiger charge is 2.21. The zero-order valence-electron chi connectivity index (χ0n) is 15.3. The van der Waals surface area contributed by atoms with E-state index in [2.05, 4.69) is 36.7 Å². The Balaban J connectivity index is 1.86. The van der Waals surface area contributed by atoms with Crippen molar-refractivity contribution in [2.45, 2.75) is 32.2 Å². The van der Waals surface area contributed by atoms with Crippen LogP contribution in [-0.4, -0.2) is 46.6 Å². The number of nitrogens with one attached hydrogen (secondary N) is 2. The molecule has 27 heavy (non-hydrogen) atoms. The summed E-state index contributed by atoms with van der Waals surface area (Å²) in [5, 5.41) is 9.45. The molecule has 0 saturated heterocycles. The molecule has 0 radical (unpaired) electrons. The van der Waals surface area contributed by atoms with E-state index in [0.717, 1.165) is 5.75 Å². The molecule has 0 aliphatic rings. The van der Waals surface area contributed by atoms with Gasteiger partial charge in [-0.3, -0.25) is 9.59 Å². The van der Waals surface area contributed by atoms with Gasteiger partial charge in [-0.15, -0.1) is 0 Å². The van der Waals surface area contributed by atoms with E-state index in [9.17, 15) is 9.59 Å². The van der Waals surface area contributed by atoms with E-state index in [-0.39, 0.29) is 11.8 Å². The standard InChI is InChI=1S/C18H23BrN4O3S/c1-12-21-16(26-23-12)8-5-10-20-18(25)15(9-11-27-2)22-17(24)13-6-3-4-7-14(13)19/h3-4,6-7,15H,5,8-11H2,1-2H3,(H,20,25)(H,22,24). The second-order valence-electron chi connectivity index (χ2n) is 5.92. The highest BCUT2D eigenvalue weighted by atomic mass is 79.9. The van der Waals surface area contributed by atoms with Crippen LogP contribution < -0.4 is 10.6 Å². The Kier molecular flexibility index (Phi) is 8.80. The summed E-state index contributed by atoms with van der Waals surface area (Å²) in [4.78, 5) is 29.2. The van der Waals surface area contributed by atoms with Crippen LogP contribution in [-0.2, 0) is 11.2 Å². The number of carbonyl (C=O) groups excluding carboxylic acids is 2.